The van der Waals surface area contributed by atoms with Crippen LogP contribution in [-0.2, 0) is 26.2 Å². The summed E-state index contributed by atoms with van der Waals surface area (Å²) in [5, 5.41) is 3.42. The van der Waals surface area contributed by atoms with Crippen LogP contribution in [0.5, 0.6) is 11.5 Å². The van der Waals surface area contributed by atoms with Crippen LogP contribution in [0.25, 0.3) is 0 Å². The second-order valence-electron chi connectivity index (χ2n) is 7.64. The van der Waals surface area contributed by atoms with Crippen molar-refractivity contribution >= 4 is 50.7 Å². The summed E-state index contributed by atoms with van der Waals surface area (Å²) in [7, 11) is -1.01. The maximum absolute atomic E-state index is 13.5. The summed E-state index contributed by atoms with van der Waals surface area (Å²) in [4.78, 5) is 27.4. The van der Waals surface area contributed by atoms with Crippen LogP contribution in [-0.4, -0.2) is 64.7 Å². The van der Waals surface area contributed by atoms with Gasteiger partial charge in [0, 0.05) is 29.2 Å². The normalized spacial score (nSPS) is 12.0. The Bertz CT molecular complexity index is 1180. The average Bonchev–Trinajstić information content (AvgIpc) is 2.80. The zero-order valence-electron chi connectivity index (χ0n) is 20.2. The van der Waals surface area contributed by atoms with Crippen molar-refractivity contribution in [2.45, 2.75) is 26.4 Å². The highest BCUT2D eigenvalue weighted by Crippen LogP contribution is 2.32. The van der Waals surface area contributed by atoms with Crippen molar-refractivity contribution in [2.75, 3.05) is 37.9 Å². The number of amides is 2. The average molecular weight is 546 g/mol. The van der Waals surface area contributed by atoms with Gasteiger partial charge in [0.25, 0.3) is 0 Å². The first kappa shape index (κ1) is 28.5. The van der Waals surface area contributed by atoms with Crippen molar-refractivity contribution in [2.24, 2.45) is 0 Å². The van der Waals surface area contributed by atoms with E-state index in [0.29, 0.717) is 33.7 Å². The molecule has 0 spiro atoms. The molecule has 35 heavy (non-hydrogen) atoms. The minimum absolute atomic E-state index is 0.0311. The number of sulfonamides is 1. The van der Waals surface area contributed by atoms with E-state index in [0.717, 1.165) is 10.6 Å². The van der Waals surface area contributed by atoms with Crippen LogP contribution in [0, 0.1) is 0 Å². The molecule has 12 heteroatoms. The number of halogens is 2. The van der Waals surface area contributed by atoms with E-state index in [-0.39, 0.29) is 18.1 Å². The van der Waals surface area contributed by atoms with Crippen molar-refractivity contribution in [1.29, 1.82) is 0 Å². The molecule has 0 bridgehead atoms. The standard InChI is InChI=1S/C23H29Cl2N3O6S/c1-6-26-23(30)15(2)27(13-16-7-8-17(24)11-19(16)25)22(29)14-28(35(5,31)32)18-9-10-20(33-3)21(12-18)34-4/h7-12,15H,6,13-14H2,1-5H3,(H,26,30). The minimum Gasteiger partial charge on any atom is -0.493 e. The van der Waals surface area contributed by atoms with Crippen molar-refractivity contribution < 1.29 is 27.5 Å². The molecule has 1 atom stereocenters. The highest BCUT2D eigenvalue weighted by molar-refractivity contribution is 7.92. The van der Waals surface area contributed by atoms with Crippen LogP contribution in [0.4, 0.5) is 5.69 Å². The molecule has 0 heterocycles. The Hall–Kier alpha value is -2.69. The predicted molar refractivity (Wildman–Crippen MR) is 137 cm³/mol. The zero-order valence-corrected chi connectivity index (χ0v) is 22.5. The Balaban J connectivity index is 2.46. The number of carbonyl (C=O) groups excluding carboxylic acids is 2. The first-order valence-corrected chi connectivity index (χ1v) is 13.2. The highest BCUT2D eigenvalue weighted by Gasteiger charge is 2.30. The Morgan fingerprint density at radius 2 is 1.71 bits per heavy atom. The molecule has 0 aliphatic carbocycles. The van der Waals surface area contributed by atoms with E-state index in [1.807, 2.05) is 0 Å². The van der Waals surface area contributed by atoms with Crippen LogP contribution >= 0.6 is 23.2 Å². The molecule has 2 amide bonds. The van der Waals surface area contributed by atoms with E-state index in [2.05, 4.69) is 5.32 Å². The number of rotatable bonds is 11. The summed E-state index contributed by atoms with van der Waals surface area (Å²) in [6.07, 6.45) is 0.991. The lowest BCUT2D eigenvalue weighted by atomic mass is 10.1. The molecule has 192 valence electrons. The third-order valence-electron chi connectivity index (χ3n) is 5.21. The zero-order chi connectivity index (χ0) is 26.3. The van der Waals surface area contributed by atoms with Gasteiger partial charge >= 0.3 is 0 Å². The second-order valence-corrected chi connectivity index (χ2v) is 10.4. The molecular weight excluding hydrogens is 517 g/mol. The van der Waals surface area contributed by atoms with Gasteiger partial charge in [-0.1, -0.05) is 29.3 Å². The molecule has 2 rings (SSSR count). The van der Waals surface area contributed by atoms with E-state index >= 15 is 0 Å². The fraction of sp³-hybridized carbons (Fsp3) is 0.391. The number of anilines is 1. The summed E-state index contributed by atoms with van der Waals surface area (Å²) >= 11 is 12.3. The molecule has 2 aromatic rings. The van der Waals surface area contributed by atoms with Crippen LogP contribution in [0.15, 0.2) is 36.4 Å². The van der Waals surface area contributed by atoms with Crippen molar-refractivity contribution in [3.8, 4) is 11.5 Å². The first-order valence-electron chi connectivity index (χ1n) is 10.6. The van der Waals surface area contributed by atoms with Gasteiger partial charge in [0.05, 0.1) is 26.2 Å². The summed E-state index contributed by atoms with van der Waals surface area (Å²) < 4.78 is 36.8. The smallest absolute Gasteiger partial charge is 0.244 e. The van der Waals surface area contributed by atoms with Crippen molar-refractivity contribution in [3.63, 3.8) is 0 Å². The molecule has 9 nitrogen and oxygen atoms in total. The SMILES string of the molecule is CCNC(=O)C(C)N(Cc1ccc(Cl)cc1Cl)C(=O)CN(c1ccc(OC)c(OC)c1)S(C)(=O)=O. The lowest BCUT2D eigenvalue weighted by Gasteiger charge is -2.31. The van der Waals surface area contributed by atoms with Crippen molar-refractivity contribution in [1.82, 2.24) is 10.2 Å². The number of ether oxygens (including phenoxy) is 2. The molecule has 0 fully saturated rings. The molecule has 0 radical (unpaired) electrons. The molecule has 0 saturated carbocycles. The van der Waals surface area contributed by atoms with Gasteiger partial charge in [-0.05, 0) is 43.7 Å². The van der Waals surface area contributed by atoms with E-state index < -0.39 is 28.5 Å². The maximum Gasteiger partial charge on any atom is 0.244 e. The van der Waals surface area contributed by atoms with Crippen LogP contribution < -0.4 is 19.1 Å². The number of carbonyl (C=O) groups is 2. The molecular formula is C23H29Cl2N3O6S. The fourth-order valence-electron chi connectivity index (χ4n) is 3.33. The van der Waals surface area contributed by atoms with Gasteiger partial charge in [-0.2, -0.15) is 0 Å². The Labute approximate surface area is 215 Å². The van der Waals surface area contributed by atoms with Crippen LogP contribution in [0.1, 0.15) is 19.4 Å². The number of nitrogens with zero attached hydrogens (tertiary/aromatic N) is 2. The number of hydrogen-bond acceptors (Lipinski definition) is 6. The Kier molecular flexibility index (Phi) is 10.1. The molecule has 0 aromatic heterocycles. The topological polar surface area (TPSA) is 105 Å². The molecule has 1 N–H and O–H groups in total. The van der Waals surface area contributed by atoms with Gasteiger partial charge in [-0.25, -0.2) is 8.42 Å². The van der Waals surface area contributed by atoms with Crippen LogP contribution in [0.3, 0.4) is 0 Å². The first-order chi connectivity index (χ1) is 16.4. The summed E-state index contributed by atoms with van der Waals surface area (Å²) in [6.45, 7) is 3.11. The lowest BCUT2D eigenvalue weighted by molar-refractivity contribution is -0.139. The number of benzene rings is 2. The van der Waals surface area contributed by atoms with Gasteiger partial charge in [0.15, 0.2) is 11.5 Å². The maximum atomic E-state index is 13.5. The highest BCUT2D eigenvalue weighted by atomic mass is 35.5. The third kappa shape index (κ3) is 7.39. The summed E-state index contributed by atoms with van der Waals surface area (Å²) in [5.74, 6) is -0.288. The van der Waals surface area contributed by atoms with Gasteiger partial charge in [-0.3, -0.25) is 13.9 Å². The fourth-order valence-corrected chi connectivity index (χ4v) is 4.64. The van der Waals surface area contributed by atoms with Crippen molar-refractivity contribution in [3.05, 3.63) is 52.0 Å². The van der Waals surface area contributed by atoms with E-state index in [1.165, 1.54) is 37.3 Å². The van der Waals surface area contributed by atoms with Gasteiger partial charge in [0.2, 0.25) is 21.8 Å². The minimum atomic E-state index is -3.89. The predicted octanol–water partition coefficient (Wildman–Crippen LogP) is 3.33. The number of hydrogen-bond donors (Lipinski definition) is 1. The van der Waals surface area contributed by atoms with Crippen LogP contribution in [0.2, 0.25) is 10.0 Å². The van der Waals surface area contributed by atoms with Gasteiger partial charge in [0.1, 0.15) is 12.6 Å². The summed E-state index contributed by atoms with van der Waals surface area (Å²) in [5.41, 5.74) is 0.756. The monoisotopic (exact) mass is 545 g/mol. The van der Waals surface area contributed by atoms with E-state index in [4.69, 9.17) is 32.7 Å². The summed E-state index contributed by atoms with van der Waals surface area (Å²) in [6, 6.07) is 8.40. The molecule has 0 aliphatic rings. The number of likely N-dealkylation sites (N-methyl/N-ethyl adjacent to an activating group) is 1. The van der Waals surface area contributed by atoms with Gasteiger partial charge < -0.3 is 19.7 Å². The third-order valence-corrected chi connectivity index (χ3v) is 6.94. The Morgan fingerprint density at radius 3 is 2.26 bits per heavy atom. The number of methoxy groups -OCH3 is 2. The molecule has 0 aliphatic heterocycles. The molecule has 1 unspecified atom stereocenters. The largest absolute Gasteiger partial charge is 0.493 e. The van der Waals surface area contributed by atoms with E-state index in [1.54, 1.807) is 32.0 Å². The Morgan fingerprint density at radius 1 is 1.06 bits per heavy atom. The quantitative estimate of drug-likeness (QED) is 0.464. The van der Waals surface area contributed by atoms with Gasteiger partial charge in [-0.15, -0.1) is 0 Å². The second kappa shape index (κ2) is 12.3. The van der Waals surface area contributed by atoms with E-state index in [9.17, 15) is 18.0 Å². The molecule has 0 saturated heterocycles. The lowest BCUT2D eigenvalue weighted by Crippen LogP contribution is -2.51. The molecule has 2 aromatic carbocycles. The number of nitrogens with one attached hydrogen (secondary N) is 1.